The van der Waals surface area contributed by atoms with Crippen molar-refractivity contribution < 1.29 is 62.2 Å². The van der Waals surface area contributed by atoms with E-state index in [9.17, 15) is 19.8 Å². The Morgan fingerprint density at radius 3 is 0.741 bits per heavy atom. The summed E-state index contributed by atoms with van der Waals surface area (Å²) in [6, 6.07) is 0. The van der Waals surface area contributed by atoms with Crippen LogP contribution in [0.4, 0.5) is 0 Å². The largest absolute Gasteiger partial charge is 2.00 e. The normalized spacial score (nSPS) is 10.5. The van der Waals surface area contributed by atoms with Gasteiger partial charge in [0.15, 0.2) is 0 Å². The van der Waals surface area contributed by atoms with Crippen molar-refractivity contribution in [2.24, 2.45) is 0 Å². The molecule has 0 unspecified atom stereocenters. The van der Waals surface area contributed by atoms with Crippen LogP contribution in [0.25, 0.3) is 0 Å². The van der Waals surface area contributed by atoms with E-state index in [-0.39, 0.29) is 29.6 Å². The van der Waals surface area contributed by atoms with Gasteiger partial charge in [0.1, 0.15) is 0 Å². The SMILES string of the molecule is CC(=O)[O-].CCCCCCCCCCCCCCCCCC(=O)[O-].CCCCCCCCCCCCCCCCCC(=O)[O-].CCCCC[C](Cl)(Cl)[Co+].[Co+2]. The first-order chi connectivity index (χ1) is 25.3. The zero-order chi connectivity index (χ0) is 40.7. The summed E-state index contributed by atoms with van der Waals surface area (Å²) >= 11 is 15.2. The minimum absolute atomic E-state index is 0. The molecule has 0 spiro atoms. The molecule has 0 fully saturated rings. The summed E-state index contributed by atoms with van der Waals surface area (Å²) in [5.41, 5.74) is 0. The molecule has 0 amide bonds. The fourth-order valence-electron chi connectivity index (χ4n) is 5.85. The van der Waals surface area contributed by atoms with Crippen molar-refractivity contribution in [1.82, 2.24) is 0 Å². The Kier molecular flexibility index (Phi) is 64.5. The molecule has 0 saturated carbocycles. The molecule has 0 aromatic heterocycles. The number of hydrogen-bond acceptors (Lipinski definition) is 6. The predicted octanol–water partition coefficient (Wildman–Crippen LogP) is 12.0. The zero-order valence-electron chi connectivity index (χ0n) is 35.3. The molecule has 0 aliphatic carbocycles. The Balaban J connectivity index is -0.000000221. The Morgan fingerprint density at radius 1 is 0.407 bits per heavy atom. The van der Waals surface area contributed by atoms with Crippen molar-refractivity contribution in [3.8, 4) is 0 Å². The van der Waals surface area contributed by atoms with Gasteiger partial charge in [-0.2, -0.15) is 0 Å². The molecule has 328 valence electrons. The number of hydrogen-bond donors (Lipinski definition) is 0. The number of rotatable bonds is 36. The monoisotopic (exact) mass is 896 g/mol. The number of carbonyl (C=O) groups excluding carboxylic acids is 3. The van der Waals surface area contributed by atoms with Crippen LogP contribution in [0.3, 0.4) is 0 Å². The Bertz CT molecular complexity index is 690. The van der Waals surface area contributed by atoms with Gasteiger partial charge in [-0.25, -0.2) is 0 Å². The fourth-order valence-corrected chi connectivity index (χ4v) is 6.30. The van der Waals surface area contributed by atoms with Crippen LogP contribution in [0, 0.1) is 0 Å². The van der Waals surface area contributed by atoms with Crippen molar-refractivity contribution in [3.63, 3.8) is 0 Å². The number of carboxylic acids is 3. The van der Waals surface area contributed by atoms with E-state index >= 15 is 0 Å². The molecule has 0 atom stereocenters. The first-order valence-corrected chi connectivity index (χ1v) is 23.2. The third kappa shape index (κ3) is 84.5. The average Bonchev–Trinajstić information content (AvgIpc) is 3.08. The molecule has 0 aromatic rings. The zero-order valence-corrected chi connectivity index (χ0v) is 38.9. The fraction of sp³-hybridized carbons (Fsp3) is 0.932. The van der Waals surface area contributed by atoms with Crippen LogP contribution in [-0.2, 0) is 46.9 Å². The van der Waals surface area contributed by atoms with Gasteiger partial charge in [-0.3, -0.25) is 0 Å². The first kappa shape index (κ1) is 63.2. The molecule has 6 nitrogen and oxygen atoms in total. The average molecular weight is 898 g/mol. The third-order valence-electron chi connectivity index (χ3n) is 9.02. The number of carbonyl (C=O) groups is 3. The summed E-state index contributed by atoms with van der Waals surface area (Å²) in [4.78, 5) is 29.3. The molecule has 1 radical (unpaired) electrons. The van der Waals surface area contributed by atoms with Crippen LogP contribution in [0.5, 0.6) is 0 Å². The topological polar surface area (TPSA) is 120 Å². The van der Waals surface area contributed by atoms with Crippen molar-refractivity contribution in [2.75, 3.05) is 0 Å². The molecule has 0 aliphatic rings. The maximum atomic E-state index is 10.2. The van der Waals surface area contributed by atoms with Crippen LogP contribution < -0.4 is 15.3 Å². The second kappa shape index (κ2) is 55.1. The van der Waals surface area contributed by atoms with E-state index in [4.69, 9.17) is 33.1 Å². The summed E-state index contributed by atoms with van der Waals surface area (Å²) in [7, 11) is 0. The summed E-state index contributed by atoms with van der Waals surface area (Å²) in [5.74, 6) is -2.89. The van der Waals surface area contributed by atoms with E-state index in [1.54, 1.807) is 0 Å². The van der Waals surface area contributed by atoms with Gasteiger partial charge in [-0.15, -0.1) is 0 Å². The molecule has 0 aromatic carbocycles. The second-order valence-electron chi connectivity index (χ2n) is 14.7. The summed E-state index contributed by atoms with van der Waals surface area (Å²) < 4.78 is -0.817. The number of carboxylic acid groups (broad SMARTS) is 3. The summed E-state index contributed by atoms with van der Waals surface area (Å²) in [6.07, 6.45) is 43.9. The molecule has 0 rings (SSSR count). The van der Waals surface area contributed by atoms with Crippen molar-refractivity contribution in [1.29, 1.82) is 0 Å². The molecule has 0 N–H and O–H groups in total. The quantitative estimate of drug-likeness (QED) is 0.0456. The van der Waals surface area contributed by atoms with Gasteiger partial charge in [0.25, 0.3) is 0 Å². The first-order valence-electron chi connectivity index (χ1n) is 22.0. The molecular formula is C44H84Cl2Co2O6. The molecular weight excluding hydrogens is 813 g/mol. The molecule has 0 bridgehead atoms. The van der Waals surface area contributed by atoms with E-state index in [1.807, 2.05) is 0 Å². The molecule has 0 aliphatic heterocycles. The number of aliphatic carboxylic acids is 3. The minimum atomic E-state index is -1.08. The maximum Gasteiger partial charge on any atom is 2.00 e. The van der Waals surface area contributed by atoms with E-state index in [2.05, 4.69) is 36.5 Å². The molecule has 54 heavy (non-hydrogen) atoms. The number of alkyl halides is 2. The number of unbranched alkanes of at least 4 members (excludes halogenated alkanes) is 30. The Morgan fingerprint density at radius 2 is 0.574 bits per heavy atom. The summed E-state index contributed by atoms with van der Waals surface area (Å²) in [6.45, 7) is 7.65. The second-order valence-corrected chi connectivity index (χ2v) is 17.6. The van der Waals surface area contributed by atoms with Gasteiger partial charge in [-0.05, 0) is 32.6 Å². The van der Waals surface area contributed by atoms with Gasteiger partial charge < -0.3 is 29.7 Å². The van der Waals surface area contributed by atoms with Crippen LogP contribution >= 0.6 is 23.2 Å². The third-order valence-corrected chi connectivity index (χ3v) is 9.66. The van der Waals surface area contributed by atoms with Crippen molar-refractivity contribution in [3.05, 3.63) is 0 Å². The van der Waals surface area contributed by atoms with Crippen molar-refractivity contribution >= 4 is 41.1 Å². The van der Waals surface area contributed by atoms with E-state index < -0.39 is 21.2 Å². The molecule has 0 saturated heterocycles. The number of halogens is 2. The van der Waals surface area contributed by atoms with Crippen LogP contribution in [-0.4, -0.2) is 21.2 Å². The van der Waals surface area contributed by atoms with Gasteiger partial charge in [0.05, 0.1) is 0 Å². The predicted molar refractivity (Wildman–Crippen MR) is 218 cm³/mol. The van der Waals surface area contributed by atoms with Crippen LogP contribution in [0.2, 0.25) is 0 Å². The smallest absolute Gasteiger partial charge is 2.00 e. The van der Waals surface area contributed by atoms with Crippen molar-refractivity contribution in [2.45, 2.75) is 262 Å². The standard InChI is InChI=1S/2C18H36O2.C6H11Cl2.C2H4O2.2Co/c2*1-2-3-4-5-6-7-8-9-10-11-12-13-14-15-16-17-18(19)20;1-2-3-4-5-6(7)8;1-2(3)4;;/h2*2-17H2,1H3,(H,19,20);2-5H2,1H3;1H3,(H,3,4);;/q;;;;+1;+2/p-3. The minimum Gasteiger partial charge on any atom is 2.00 e. The molecule has 0 heterocycles. The van der Waals surface area contributed by atoms with E-state index in [1.165, 1.54) is 180 Å². The maximum absolute atomic E-state index is 10.2. The van der Waals surface area contributed by atoms with Gasteiger partial charge in [-0.1, -0.05) is 194 Å². The van der Waals surface area contributed by atoms with Crippen LogP contribution in [0.1, 0.15) is 259 Å². The van der Waals surface area contributed by atoms with Gasteiger partial charge in [0, 0.05) is 17.9 Å². The summed E-state index contributed by atoms with van der Waals surface area (Å²) in [5, 5.41) is 29.3. The van der Waals surface area contributed by atoms with Gasteiger partial charge in [0.2, 0.25) is 0 Å². The van der Waals surface area contributed by atoms with Gasteiger partial charge >= 0.3 is 91.6 Å². The Labute approximate surface area is 363 Å². The van der Waals surface area contributed by atoms with E-state index in [0.29, 0.717) is 0 Å². The Hall–Kier alpha value is 0.00299. The van der Waals surface area contributed by atoms with E-state index in [0.717, 1.165) is 45.4 Å². The molecule has 10 heteroatoms. The van der Waals surface area contributed by atoms with Crippen LogP contribution in [0.15, 0.2) is 0 Å².